The first-order valence-electron chi connectivity index (χ1n) is 13.6. The van der Waals surface area contributed by atoms with E-state index in [0.29, 0.717) is 24.2 Å². The summed E-state index contributed by atoms with van der Waals surface area (Å²) in [6, 6.07) is 1.23. The van der Waals surface area contributed by atoms with E-state index >= 15 is 0 Å². The van der Waals surface area contributed by atoms with Crippen LogP contribution in [0.2, 0.25) is 0 Å². The lowest BCUT2D eigenvalue weighted by molar-refractivity contribution is 0.145. The molecule has 0 spiro atoms. The zero-order valence-electron chi connectivity index (χ0n) is 20.2. The fourth-order valence-corrected chi connectivity index (χ4v) is 7.61. The van der Waals surface area contributed by atoms with Crippen molar-refractivity contribution in [3.05, 3.63) is 0 Å². The minimum atomic E-state index is -0.576. The normalized spacial score (nSPS) is 45.9. The van der Waals surface area contributed by atoms with E-state index in [-0.39, 0.29) is 0 Å². The van der Waals surface area contributed by atoms with E-state index in [1.54, 1.807) is 0 Å². The summed E-state index contributed by atoms with van der Waals surface area (Å²) in [6.45, 7) is 9.62. The van der Waals surface area contributed by atoms with Crippen LogP contribution in [0.5, 0.6) is 0 Å². The molecular weight excluding hydrogens is 371 g/mol. The molecule has 1 heterocycles. The van der Waals surface area contributed by atoms with Crippen molar-refractivity contribution in [3.8, 4) is 0 Å². The second-order valence-corrected chi connectivity index (χ2v) is 12.2. The lowest BCUT2D eigenvalue weighted by Gasteiger charge is -2.40. The van der Waals surface area contributed by atoms with Crippen molar-refractivity contribution < 1.29 is 4.39 Å². The standard InChI is InChI=1S/C27H49FN2/c1-17(2)19-8-12-21(13-9-19)25-26(22-14-10-20(11-15-22)18(3)4)30-27(29-25)23-6-5-7-24(28)16-23/h17-27,29-30H,5-16H2,1-4H3. The molecule has 4 rings (SSSR count). The van der Waals surface area contributed by atoms with Gasteiger partial charge in [0.15, 0.2) is 0 Å². The number of hydrogen-bond donors (Lipinski definition) is 2. The van der Waals surface area contributed by atoms with Gasteiger partial charge in [0, 0.05) is 12.1 Å². The van der Waals surface area contributed by atoms with Crippen LogP contribution in [0.25, 0.3) is 0 Å². The van der Waals surface area contributed by atoms with Gasteiger partial charge in [0.1, 0.15) is 6.17 Å². The molecule has 30 heavy (non-hydrogen) atoms. The predicted octanol–water partition coefficient (Wildman–Crippen LogP) is 6.70. The maximum Gasteiger partial charge on any atom is 0.100 e. The average molecular weight is 421 g/mol. The van der Waals surface area contributed by atoms with E-state index in [1.165, 1.54) is 57.8 Å². The molecule has 4 fully saturated rings. The largest absolute Gasteiger partial charge is 0.297 e. The fourth-order valence-electron chi connectivity index (χ4n) is 7.61. The predicted molar refractivity (Wildman–Crippen MR) is 125 cm³/mol. The first kappa shape index (κ1) is 23.0. The van der Waals surface area contributed by atoms with Gasteiger partial charge in [-0.05, 0) is 112 Å². The van der Waals surface area contributed by atoms with E-state index < -0.39 is 6.17 Å². The molecule has 0 aromatic heterocycles. The molecule has 2 N–H and O–H groups in total. The summed E-state index contributed by atoms with van der Waals surface area (Å²) < 4.78 is 14.2. The van der Waals surface area contributed by atoms with E-state index in [4.69, 9.17) is 0 Å². The minimum Gasteiger partial charge on any atom is -0.297 e. The molecule has 0 aromatic rings. The zero-order chi connectivity index (χ0) is 21.3. The molecule has 3 saturated carbocycles. The number of nitrogens with one attached hydrogen (secondary N) is 2. The smallest absolute Gasteiger partial charge is 0.100 e. The average Bonchev–Trinajstić information content (AvgIpc) is 3.19. The van der Waals surface area contributed by atoms with E-state index in [1.807, 2.05) is 0 Å². The molecule has 1 aliphatic heterocycles. The minimum absolute atomic E-state index is 0.351. The number of alkyl halides is 1. The van der Waals surface area contributed by atoms with Gasteiger partial charge < -0.3 is 0 Å². The maximum absolute atomic E-state index is 14.2. The molecule has 2 nitrogen and oxygen atoms in total. The van der Waals surface area contributed by atoms with Crippen molar-refractivity contribution in [2.24, 2.45) is 41.4 Å². The molecule has 4 atom stereocenters. The third kappa shape index (κ3) is 5.25. The SMILES string of the molecule is CC(C)C1CCC(C2NC(C3CCCC(F)C3)NC2C2CCC(C(C)C)CC2)CC1. The molecule has 0 amide bonds. The third-order valence-electron chi connectivity index (χ3n) is 9.79. The molecule has 1 saturated heterocycles. The summed E-state index contributed by atoms with van der Waals surface area (Å²) in [5.41, 5.74) is 0. The Balaban J connectivity index is 1.42. The van der Waals surface area contributed by atoms with Crippen LogP contribution < -0.4 is 10.6 Å². The van der Waals surface area contributed by atoms with Crippen LogP contribution in [0, 0.1) is 41.4 Å². The Morgan fingerprint density at radius 2 is 1.07 bits per heavy atom. The van der Waals surface area contributed by atoms with Crippen LogP contribution in [0.1, 0.15) is 105 Å². The number of halogens is 1. The van der Waals surface area contributed by atoms with Crippen molar-refractivity contribution in [2.45, 2.75) is 129 Å². The van der Waals surface area contributed by atoms with Gasteiger partial charge in [-0.25, -0.2) is 4.39 Å². The Labute approximate surface area is 185 Å². The fraction of sp³-hybridized carbons (Fsp3) is 1.00. The third-order valence-corrected chi connectivity index (χ3v) is 9.79. The van der Waals surface area contributed by atoms with Crippen LogP contribution in [0.15, 0.2) is 0 Å². The lowest BCUT2D eigenvalue weighted by atomic mass is 9.69. The van der Waals surface area contributed by atoms with Crippen LogP contribution in [0.4, 0.5) is 4.39 Å². The summed E-state index contributed by atoms with van der Waals surface area (Å²) in [6.07, 6.45) is 14.8. The highest BCUT2D eigenvalue weighted by atomic mass is 19.1. The zero-order valence-corrected chi connectivity index (χ0v) is 20.2. The molecular formula is C27H49FN2. The highest BCUT2D eigenvalue weighted by Crippen LogP contribution is 2.42. The van der Waals surface area contributed by atoms with E-state index in [0.717, 1.165) is 54.8 Å². The van der Waals surface area contributed by atoms with Crippen LogP contribution in [-0.4, -0.2) is 24.4 Å². The van der Waals surface area contributed by atoms with Gasteiger partial charge in [-0.15, -0.1) is 0 Å². The second kappa shape index (κ2) is 10.2. The monoisotopic (exact) mass is 420 g/mol. The van der Waals surface area contributed by atoms with Crippen molar-refractivity contribution >= 4 is 0 Å². The van der Waals surface area contributed by atoms with Gasteiger partial charge in [0.25, 0.3) is 0 Å². The topological polar surface area (TPSA) is 24.1 Å². The van der Waals surface area contributed by atoms with Gasteiger partial charge in [0.2, 0.25) is 0 Å². The lowest BCUT2D eigenvalue weighted by Crippen LogP contribution is -2.46. The molecule has 0 radical (unpaired) electrons. The molecule has 4 aliphatic rings. The van der Waals surface area contributed by atoms with Crippen molar-refractivity contribution in [1.29, 1.82) is 0 Å². The first-order chi connectivity index (χ1) is 14.4. The van der Waals surface area contributed by atoms with Crippen LogP contribution >= 0.6 is 0 Å². The Bertz CT molecular complexity index is 483. The highest BCUT2D eigenvalue weighted by Gasteiger charge is 2.46. The molecule has 174 valence electrons. The van der Waals surface area contributed by atoms with Gasteiger partial charge in [-0.3, -0.25) is 10.6 Å². The van der Waals surface area contributed by atoms with Crippen molar-refractivity contribution in [2.75, 3.05) is 0 Å². The Morgan fingerprint density at radius 3 is 1.47 bits per heavy atom. The van der Waals surface area contributed by atoms with Crippen LogP contribution in [-0.2, 0) is 0 Å². The summed E-state index contributed by atoms with van der Waals surface area (Å²) >= 11 is 0. The van der Waals surface area contributed by atoms with Gasteiger partial charge in [-0.2, -0.15) is 0 Å². The summed E-state index contributed by atoms with van der Waals surface area (Å²) in [4.78, 5) is 0. The van der Waals surface area contributed by atoms with Gasteiger partial charge >= 0.3 is 0 Å². The van der Waals surface area contributed by atoms with Gasteiger partial charge in [-0.1, -0.05) is 34.1 Å². The molecule has 0 bridgehead atoms. The Hall–Kier alpha value is -0.150. The maximum atomic E-state index is 14.2. The van der Waals surface area contributed by atoms with E-state index in [2.05, 4.69) is 38.3 Å². The summed E-state index contributed by atoms with van der Waals surface area (Å²) in [5.74, 6) is 5.64. The Kier molecular flexibility index (Phi) is 7.82. The summed E-state index contributed by atoms with van der Waals surface area (Å²) in [7, 11) is 0. The first-order valence-corrected chi connectivity index (χ1v) is 13.6. The van der Waals surface area contributed by atoms with Crippen LogP contribution in [0.3, 0.4) is 0 Å². The molecule has 4 unspecified atom stereocenters. The summed E-state index contributed by atoms with van der Waals surface area (Å²) in [5, 5.41) is 8.20. The molecule has 3 aliphatic carbocycles. The van der Waals surface area contributed by atoms with Gasteiger partial charge in [0.05, 0.1) is 6.17 Å². The molecule has 3 heteroatoms. The van der Waals surface area contributed by atoms with Crippen molar-refractivity contribution in [1.82, 2.24) is 10.6 Å². The highest BCUT2D eigenvalue weighted by molar-refractivity contribution is 5.03. The Morgan fingerprint density at radius 1 is 0.600 bits per heavy atom. The van der Waals surface area contributed by atoms with E-state index in [9.17, 15) is 4.39 Å². The molecule has 0 aromatic carbocycles. The van der Waals surface area contributed by atoms with Crippen molar-refractivity contribution in [3.63, 3.8) is 0 Å². The number of hydrogen-bond acceptors (Lipinski definition) is 2. The second-order valence-electron chi connectivity index (χ2n) is 12.2. The number of rotatable bonds is 5. The quantitative estimate of drug-likeness (QED) is 0.517.